The summed E-state index contributed by atoms with van der Waals surface area (Å²) in [6, 6.07) is 8.13. The number of benzene rings is 2. The van der Waals surface area contributed by atoms with E-state index in [1.54, 1.807) is 0 Å². The van der Waals surface area contributed by atoms with Crippen molar-refractivity contribution >= 4 is 84.8 Å². The maximum atomic E-state index is 10.7. The Hall–Kier alpha value is 0.560. The molecule has 0 aromatic heterocycles. The highest BCUT2D eigenvalue weighted by Gasteiger charge is 2.05. The Balaban J connectivity index is 2.85. The van der Waals surface area contributed by atoms with Crippen LogP contribution in [0.25, 0.3) is 10.8 Å². The molecule has 0 atom stereocenters. The number of hydrogen-bond acceptors (Lipinski definition) is 1. The van der Waals surface area contributed by atoms with E-state index >= 15 is 0 Å². The molecule has 2 aromatic rings. The fourth-order valence-corrected chi connectivity index (χ4v) is 3.19. The largest absolute Gasteiger partial charge is 0.298 e. The molecular formula is C11H5I3O. The minimum Gasteiger partial charge on any atom is -0.298 e. The van der Waals surface area contributed by atoms with Gasteiger partial charge in [-0.1, -0.05) is 0 Å². The summed E-state index contributed by atoms with van der Waals surface area (Å²) < 4.78 is 3.60. The van der Waals surface area contributed by atoms with E-state index < -0.39 is 0 Å². The molecule has 0 bridgehead atoms. The number of fused-ring (bicyclic) bond motifs is 1. The van der Waals surface area contributed by atoms with Crippen molar-refractivity contribution in [3.8, 4) is 0 Å². The second-order valence-corrected chi connectivity index (χ2v) is 6.59. The van der Waals surface area contributed by atoms with Crippen LogP contribution in [0.2, 0.25) is 0 Å². The first-order valence-corrected chi connectivity index (χ1v) is 7.39. The van der Waals surface area contributed by atoms with Gasteiger partial charge in [0.2, 0.25) is 0 Å². The zero-order valence-corrected chi connectivity index (χ0v) is 13.9. The Morgan fingerprint density at radius 3 is 2.20 bits per heavy atom. The molecule has 4 heteroatoms. The SMILES string of the molecule is O=Cc1cc(I)c2cc(I)c(I)cc2c1. The molecule has 0 saturated heterocycles. The lowest BCUT2D eigenvalue weighted by Gasteiger charge is -2.05. The first-order chi connectivity index (χ1) is 7.11. The van der Waals surface area contributed by atoms with Crippen LogP contribution in [0.3, 0.4) is 0 Å². The fraction of sp³-hybridized carbons (Fsp3) is 0. The molecule has 0 fully saturated rings. The molecule has 1 nitrogen and oxygen atoms in total. The summed E-state index contributed by atoms with van der Waals surface area (Å²) in [6.07, 6.45) is 0.895. The predicted molar refractivity (Wildman–Crippen MR) is 87.5 cm³/mol. The van der Waals surface area contributed by atoms with E-state index in [1.807, 2.05) is 12.1 Å². The van der Waals surface area contributed by atoms with Crippen LogP contribution in [-0.4, -0.2) is 6.29 Å². The number of aldehydes is 1. The molecule has 0 heterocycles. The van der Waals surface area contributed by atoms with Gasteiger partial charge in [0.25, 0.3) is 0 Å². The highest BCUT2D eigenvalue weighted by molar-refractivity contribution is 14.1. The molecule has 0 aliphatic rings. The third kappa shape index (κ3) is 2.46. The van der Waals surface area contributed by atoms with Crippen LogP contribution in [0.15, 0.2) is 24.3 Å². The van der Waals surface area contributed by atoms with E-state index in [0.717, 1.165) is 20.8 Å². The van der Waals surface area contributed by atoms with Gasteiger partial charge >= 0.3 is 0 Å². The normalized spacial score (nSPS) is 10.6. The number of hydrogen-bond donors (Lipinski definition) is 0. The van der Waals surface area contributed by atoms with Crippen LogP contribution in [0, 0.1) is 10.7 Å². The number of carbonyl (C=O) groups excluding carboxylic acids is 1. The van der Waals surface area contributed by atoms with Gasteiger partial charge in [-0.25, -0.2) is 0 Å². The lowest BCUT2D eigenvalue weighted by molar-refractivity contribution is 0.112. The predicted octanol–water partition coefficient (Wildman–Crippen LogP) is 4.47. The summed E-state index contributed by atoms with van der Waals surface area (Å²) >= 11 is 6.91. The third-order valence-electron chi connectivity index (χ3n) is 2.10. The van der Waals surface area contributed by atoms with Gasteiger partial charge in [-0.05, 0) is 103 Å². The average Bonchev–Trinajstić information content (AvgIpc) is 2.21. The van der Waals surface area contributed by atoms with Gasteiger partial charge in [0, 0.05) is 16.3 Å². The van der Waals surface area contributed by atoms with Crippen molar-refractivity contribution < 1.29 is 4.79 Å². The first kappa shape index (κ1) is 12.0. The Kier molecular flexibility index (Phi) is 3.87. The summed E-state index contributed by atoms with van der Waals surface area (Å²) in [7, 11) is 0. The average molecular weight is 534 g/mol. The van der Waals surface area contributed by atoms with Crippen LogP contribution < -0.4 is 0 Å². The molecule has 0 saturated carbocycles. The molecule has 76 valence electrons. The van der Waals surface area contributed by atoms with Gasteiger partial charge in [0.1, 0.15) is 6.29 Å². The number of halogens is 3. The van der Waals surface area contributed by atoms with Crippen LogP contribution in [0.5, 0.6) is 0 Å². The van der Waals surface area contributed by atoms with Crippen LogP contribution in [-0.2, 0) is 0 Å². The second kappa shape index (κ2) is 4.82. The van der Waals surface area contributed by atoms with Crippen molar-refractivity contribution in [1.29, 1.82) is 0 Å². The maximum Gasteiger partial charge on any atom is 0.150 e. The Bertz CT molecular complexity index is 549. The van der Waals surface area contributed by atoms with Crippen molar-refractivity contribution in [1.82, 2.24) is 0 Å². The summed E-state index contributed by atoms with van der Waals surface area (Å²) in [4.78, 5) is 10.7. The van der Waals surface area contributed by atoms with E-state index in [1.165, 1.54) is 12.5 Å². The third-order valence-corrected chi connectivity index (χ3v) is 5.81. The van der Waals surface area contributed by atoms with Crippen LogP contribution in [0.4, 0.5) is 0 Å². The summed E-state index contributed by atoms with van der Waals surface area (Å²) in [5.41, 5.74) is 0.740. The Morgan fingerprint density at radius 1 is 0.867 bits per heavy atom. The van der Waals surface area contributed by atoms with Crippen LogP contribution in [0.1, 0.15) is 10.4 Å². The highest BCUT2D eigenvalue weighted by Crippen LogP contribution is 2.27. The van der Waals surface area contributed by atoms with Crippen molar-refractivity contribution in [2.75, 3.05) is 0 Å². The van der Waals surface area contributed by atoms with E-state index in [-0.39, 0.29) is 0 Å². The number of rotatable bonds is 1. The first-order valence-electron chi connectivity index (χ1n) is 4.15. The van der Waals surface area contributed by atoms with Gasteiger partial charge in [-0.2, -0.15) is 0 Å². The zero-order chi connectivity index (χ0) is 11.0. The van der Waals surface area contributed by atoms with Crippen molar-refractivity contribution in [2.24, 2.45) is 0 Å². The van der Waals surface area contributed by atoms with Crippen molar-refractivity contribution in [3.63, 3.8) is 0 Å². The Morgan fingerprint density at radius 2 is 1.53 bits per heavy atom. The van der Waals surface area contributed by atoms with Gasteiger partial charge < -0.3 is 0 Å². The highest BCUT2D eigenvalue weighted by atomic mass is 127. The van der Waals surface area contributed by atoms with Crippen LogP contribution >= 0.6 is 67.8 Å². The smallest absolute Gasteiger partial charge is 0.150 e. The minimum atomic E-state index is 0.740. The van der Waals surface area contributed by atoms with Gasteiger partial charge in [-0.3, -0.25) is 4.79 Å². The zero-order valence-electron chi connectivity index (χ0n) is 7.43. The number of carbonyl (C=O) groups is 1. The lowest BCUT2D eigenvalue weighted by Crippen LogP contribution is -1.88. The lowest BCUT2D eigenvalue weighted by atomic mass is 10.1. The van der Waals surface area contributed by atoms with Crippen molar-refractivity contribution in [2.45, 2.75) is 0 Å². The van der Waals surface area contributed by atoms with E-state index in [2.05, 4.69) is 79.9 Å². The molecule has 0 amide bonds. The van der Waals surface area contributed by atoms with E-state index in [0.29, 0.717) is 0 Å². The molecule has 2 rings (SSSR count). The molecular weight excluding hydrogens is 529 g/mol. The molecule has 0 unspecified atom stereocenters. The molecule has 0 spiro atoms. The van der Waals surface area contributed by atoms with E-state index in [9.17, 15) is 4.79 Å². The molecule has 0 N–H and O–H groups in total. The molecule has 0 aliphatic heterocycles. The molecule has 15 heavy (non-hydrogen) atoms. The monoisotopic (exact) mass is 534 g/mol. The quantitative estimate of drug-likeness (QED) is 0.391. The van der Waals surface area contributed by atoms with Gasteiger partial charge in [0.05, 0.1) is 0 Å². The van der Waals surface area contributed by atoms with Crippen molar-refractivity contribution in [3.05, 3.63) is 40.5 Å². The molecule has 0 radical (unpaired) electrons. The summed E-state index contributed by atoms with van der Waals surface area (Å²) in [6.45, 7) is 0. The summed E-state index contributed by atoms with van der Waals surface area (Å²) in [5.74, 6) is 0. The van der Waals surface area contributed by atoms with Gasteiger partial charge in [-0.15, -0.1) is 0 Å². The maximum absolute atomic E-state index is 10.7. The molecule has 0 aliphatic carbocycles. The second-order valence-electron chi connectivity index (χ2n) is 3.11. The van der Waals surface area contributed by atoms with Gasteiger partial charge in [0.15, 0.2) is 0 Å². The topological polar surface area (TPSA) is 17.1 Å². The Labute approximate surface area is 128 Å². The standard InChI is InChI=1S/C11H5I3O/c12-9-2-6(5-15)1-7-3-10(13)11(14)4-8(7)9/h1-5H. The van der Waals surface area contributed by atoms with E-state index in [4.69, 9.17) is 0 Å². The summed E-state index contributed by atoms with van der Waals surface area (Å²) in [5, 5.41) is 2.35. The molecule has 2 aromatic carbocycles. The fourth-order valence-electron chi connectivity index (χ4n) is 1.40. The minimum absolute atomic E-state index is 0.740.